The van der Waals surface area contributed by atoms with Crippen LogP contribution in [0.3, 0.4) is 0 Å². The van der Waals surface area contributed by atoms with Gasteiger partial charge >= 0.3 is 6.18 Å². The van der Waals surface area contributed by atoms with Crippen LogP contribution >= 0.6 is 0 Å². The second-order valence-corrected chi connectivity index (χ2v) is 7.71. The maximum absolute atomic E-state index is 13.1. The van der Waals surface area contributed by atoms with Crippen LogP contribution in [-0.2, 0) is 19.3 Å². The molecule has 1 heterocycles. The van der Waals surface area contributed by atoms with Gasteiger partial charge in [-0.15, -0.1) is 0 Å². The fourth-order valence-corrected chi connectivity index (χ4v) is 3.52. The zero-order chi connectivity index (χ0) is 24.0. The Morgan fingerprint density at radius 2 is 1.85 bits per heavy atom. The van der Waals surface area contributed by atoms with Gasteiger partial charge in [-0.25, -0.2) is 0 Å². The van der Waals surface area contributed by atoms with E-state index in [1.165, 1.54) is 30.3 Å². The highest BCUT2D eigenvalue weighted by Gasteiger charge is 2.30. The Hall–Kier alpha value is -3.62. The number of alkyl halides is 3. The molecule has 0 saturated heterocycles. The molecule has 174 valence electrons. The largest absolute Gasteiger partial charge is 0.416 e. The molecule has 0 bridgehead atoms. The van der Waals surface area contributed by atoms with E-state index in [4.69, 9.17) is 0 Å². The molecule has 0 N–H and O–H groups in total. The average molecular weight is 459 g/mol. The molecule has 0 unspecified atom stereocenters. The number of halogens is 3. The van der Waals surface area contributed by atoms with Crippen LogP contribution in [0.15, 0.2) is 66.9 Å². The van der Waals surface area contributed by atoms with Gasteiger partial charge in [0.1, 0.15) is 0 Å². The van der Waals surface area contributed by atoms with Crippen LogP contribution in [0.1, 0.15) is 46.9 Å². The lowest BCUT2D eigenvalue weighted by atomic mass is 10.1. The first-order chi connectivity index (χ1) is 15.7. The molecular formula is C24H24F3N3O3. The lowest BCUT2D eigenvalue weighted by Gasteiger charge is -2.24. The van der Waals surface area contributed by atoms with Gasteiger partial charge in [-0.1, -0.05) is 31.5 Å². The van der Waals surface area contributed by atoms with Crippen molar-refractivity contribution in [1.29, 1.82) is 0 Å². The van der Waals surface area contributed by atoms with E-state index in [0.29, 0.717) is 12.1 Å². The molecule has 2 aromatic carbocycles. The fourth-order valence-electron chi connectivity index (χ4n) is 3.52. The molecule has 1 aromatic heterocycles. The van der Waals surface area contributed by atoms with Crippen LogP contribution in [0.25, 0.3) is 0 Å². The molecule has 0 radical (unpaired) electrons. The Morgan fingerprint density at radius 1 is 1.09 bits per heavy atom. The monoisotopic (exact) mass is 459 g/mol. The number of amides is 1. The van der Waals surface area contributed by atoms with E-state index in [-0.39, 0.29) is 30.2 Å². The molecule has 1 amide bonds. The molecule has 0 aliphatic heterocycles. The Kier molecular flexibility index (Phi) is 7.52. The zero-order valence-corrected chi connectivity index (χ0v) is 18.1. The van der Waals surface area contributed by atoms with E-state index >= 15 is 0 Å². The van der Waals surface area contributed by atoms with Gasteiger partial charge in [0.05, 0.1) is 17.0 Å². The van der Waals surface area contributed by atoms with Crippen molar-refractivity contribution >= 4 is 11.6 Å². The molecule has 9 heteroatoms. The number of aromatic nitrogens is 1. The van der Waals surface area contributed by atoms with Crippen molar-refractivity contribution in [2.75, 3.05) is 6.54 Å². The van der Waals surface area contributed by atoms with Crippen LogP contribution in [-0.4, -0.2) is 26.8 Å². The molecule has 0 aliphatic rings. The Labute approximate surface area is 189 Å². The van der Waals surface area contributed by atoms with Crippen molar-refractivity contribution < 1.29 is 22.9 Å². The van der Waals surface area contributed by atoms with E-state index in [9.17, 15) is 28.1 Å². The van der Waals surface area contributed by atoms with Gasteiger partial charge < -0.3 is 9.47 Å². The summed E-state index contributed by atoms with van der Waals surface area (Å²) < 4.78 is 41.0. The number of carbonyl (C=O) groups excluding carboxylic acids is 1. The van der Waals surface area contributed by atoms with Crippen molar-refractivity contribution in [2.24, 2.45) is 0 Å². The summed E-state index contributed by atoms with van der Waals surface area (Å²) >= 11 is 0. The second-order valence-electron chi connectivity index (χ2n) is 7.71. The standard InChI is InChI=1S/C24H24F3N3O3/c1-2-3-12-29(23(31)19-8-5-10-21(15-19)30(32)33)17-22-11-6-13-28(22)16-18-7-4-9-20(14-18)24(25,26)27/h4-11,13-15H,2-3,12,16-17H2,1H3. The van der Waals surface area contributed by atoms with Crippen LogP contribution in [0, 0.1) is 10.1 Å². The molecule has 33 heavy (non-hydrogen) atoms. The number of rotatable bonds is 9. The molecule has 6 nitrogen and oxygen atoms in total. The van der Waals surface area contributed by atoms with Crippen LogP contribution in [0.4, 0.5) is 18.9 Å². The highest BCUT2D eigenvalue weighted by atomic mass is 19.4. The van der Waals surface area contributed by atoms with Gasteiger partial charge in [-0.3, -0.25) is 14.9 Å². The predicted molar refractivity (Wildman–Crippen MR) is 118 cm³/mol. The van der Waals surface area contributed by atoms with E-state index in [2.05, 4.69) is 0 Å². The summed E-state index contributed by atoms with van der Waals surface area (Å²) in [6.45, 7) is 2.89. The summed E-state index contributed by atoms with van der Waals surface area (Å²) in [5.74, 6) is -0.334. The highest BCUT2D eigenvalue weighted by Crippen LogP contribution is 2.29. The molecule has 0 spiro atoms. The Balaban J connectivity index is 1.83. The van der Waals surface area contributed by atoms with Gasteiger partial charge in [0.2, 0.25) is 0 Å². The predicted octanol–water partition coefficient (Wildman–Crippen LogP) is 5.91. The van der Waals surface area contributed by atoms with Gasteiger partial charge in [-0.2, -0.15) is 13.2 Å². The molecular weight excluding hydrogens is 435 g/mol. The van der Waals surface area contributed by atoms with Gasteiger partial charge in [0, 0.05) is 42.7 Å². The number of hydrogen-bond donors (Lipinski definition) is 0. The Morgan fingerprint density at radius 3 is 2.55 bits per heavy atom. The Bertz CT molecular complexity index is 1130. The van der Waals surface area contributed by atoms with Gasteiger partial charge in [-0.05, 0) is 42.3 Å². The maximum atomic E-state index is 13.1. The van der Waals surface area contributed by atoms with Gasteiger partial charge in [0.25, 0.3) is 11.6 Å². The third kappa shape index (κ3) is 6.21. The lowest BCUT2D eigenvalue weighted by molar-refractivity contribution is -0.384. The minimum atomic E-state index is -4.42. The number of nitro benzene ring substituents is 1. The first kappa shape index (κ1) is 24.0. The van der Waals surface area contributed by atoms with Gasteiger partial charge in [0.15, 0.2) is 0 Å². The summed E-state index contributed by atoms with van der Waals surface area (Å²) in [5, 5.41) is 11.1. The third-order valence-corrected chi connectivity index (χ3v) is 5.26. The molecule has 0 atom stereocenters. The molecule has 3 aromatic rings. The highest BCUT2D eigenvalue weighted by molar-refractivity contribution is 5.94. The minimum Gasteiger partial charge on any atom is -0.345 e. The van der Waals surface area contributed by atoms with Crippen LogP contribution < -0.4 is 0 Å². The van der Waals surface area contributed by atoms with Crippen molar-refractivity contribution in [2.45, 2.75) is 39.0 Å². The molecule has 0 saturated carbocycles. The SMILES string of the molecule is CCCCN(Cc1cccn1Cc1cccc(C(F)(F)F)c1)C(=O)c1cccc([N+](=O)[O-])c1. The fraction of sp³-hybridized carbons (Fsp3) is 0.292. The summed E-state index contributed by atoms with van der Waals surface area (Å²) in [7, 11) is 0. The normalized spacial score (nSPS) is 11.4. The average Bonchev–Trinajstić information content (AvgIpc) is 3.22. The summed E-state index contributed by atoms with van der Waals surface area (Å²) in [6.07, 6.45) is -1.07. The molecule has 3 rings (SSSR count). The minimum absolute atomic E-state index is 0.163. The first-order valence-electron chi connectivity index (χ1n) is 10.5. The number of unbranched alkanes of at least 4 members (excludes halogenated alkanes) is 1. The van der Waals surface area contributed by atoms with Crippen molar-refractivity contribution in [3.05, 3.63) is 99.4 Å². The lowest BCUT2D eigenvalue weighted by Crippen LogP contribution is -2.32. The smallest absolute Gasteiger partial charge is 0.345 e. The summed E-state index contributed by atoms with van der Waals surface area (Å²) in [5.41, 5.74) is 0.592. The summed E-state index contributed by atoms with van der Waals surface area (Å²) in [4.78, 5) is 25.3. The topological polar surface area (TPSA) is 68.4 Å². The van der Waals surface area contributed by atoms with E-state index < -0.39 is 16.7 Å². The van der Waals surface area contributed by atoms with Crippen molar-refractivity contribution in [3.8, 4) is 0 Å². The van der Waals surface area contributed by atoms with Crippen molar-refractivity contribution in [1.82, 2.24) is 9.47 Å². The molecule has 0 fully saturated rings. The van der Waals surface area contributed by atoms with Crippen LogP contribution in [0.2, 0.25) is 0 Å². The number of carbonyl (C=O) groups is 1. The maximum Gasteiger partial charge on any atom is 0.416 e. The third-order valence-electron chi connectivity index (χ3n) is 5.26. The number of non-ortho nitro benzene ring substituents is 1. The summed E-state index contributed by atoms with van der Waals surface area (Å²) in [6, 6.07) is 14.3. The second kappa shape index (κ2) is 10.3. The molecule has 0 aliphatic carbocycles. The number of benzene rings is 2. The van der Waals surface area contributed by atoms with E-state index in [1.807, 2.05) is 13.0 Å². The van der Waals surface area contributed by atoms with Crippen LogP contribution in [0.5, 0.6) is 0 Å². The van der Waals surface area contributed by atoms with Crippen molar-refractivity contribution in [3.63, 3.8) is 0 Å². The van der Waals surface area contributed by atoms with E-state index in [0.717, 1.165) is 30.7 Å². The van der Waals surface area contributed by atoms with E-state index in [1.54, 1.807) is 27.8 Å². The number of hydrogen-bond acceptors (Lipinski definition) is 3. The zero-order valence-electron chi connectivity index (χ0n) is 18.1. The first-order valence-corrected chi connectivity index (χ1v) is 10.5. The quantitative estimate of drug-likeness (QED) is 0.295. The number of nitrogens with zero attached hydrogens (tertiary/aromatic N) is 3. The number of nitro groups is 1.